The Morgan fingerprint density at radius 1 is 1.40 bits per heavy atom. The lowest BCUT2D eigenvalue weighted by Crippen LogP contribution is -2.29. The van der Waals surface area contributed by atoms with Crippen LogP contribution in [0.1, 0.15) is 16.9 Å². The summed E-state index contributed by atoms with van der Waals surface area (Å²) in [5.41, 5.74) is -0.803. The quantitative estimate of drug-likeness (QED) is 0.770. The summed E-state index contributed by atoms with van der Waals surface area (Å²) in [5, 5.41) is 1.92. The molecule has 1 fully saturated rings. The monoisotopic (exact) mass is 368 g/mol. The number of carbonyl (C=O) groups excluding carboxylic acids is 1. The zero-order valence-electron chi connectivity index (χ0n) is 13.1. The Morgan fingerprint density at radius 3 is 2.96 bits per heavy atom. The van der Waals surface area contributed by atoms with Gasteiger partial charge >= 0.3 is 6.18 Å². The van der Waals surface area contributed by atoms with Gasteiger partial charge < -0.3 is 9.64 Å². The minimum Gasteiger partial charge on any atom is -0.472 e. The van der Waals surface area contributed by atoms with E-state index in [1.54, 1.807) is 11.0 Å². The van der Waals surface area contributed by atoms with E-state index in [-0.39, 0.29) is 17.9 Å². The van der Waals surface area contributed by atoms with Crippen molar-refractivity contribution in [3.05, 3.63) is 52.4 Å². The van der Waals surface area contributed by atoms with Gasteiger partial charge in [0.15, 0.2) is 0 Å². The third-order valence-electron chi connectivity index (χ3n) is 3.74. The molecule has 0 saturated carbocycles. The molecule has 1 saturated heterocycles. The molecule has 2 aromatic heterocycles. The molecule has 8 heteroatoms. The predicted octanol–water partition coefficient (Wildman–Crippen LogP) is 3.86. The van der Waals surface area contributed by atoms with Gasteiger partial charge in [-0.25, -0.2) is 4.98 Å². The molecular weight excluding hydrogens is 353 g/mol. The van der Waals surface area contributed by atoms with Crippen molar-refractivity contribution in [3.63, 3.8) is 0 Å². The summed E-state index contributed by atoms with van der Waals surface area (Å²) in [4.78, 5) is 18.6. The van der Waals surface area contributed by atoms with Crippen LogP contribution in [0.15, 0.2) is 41.9 Å². The van der Waals surface area contributed by atoms with Gasteiger partial charge in [0.2, 0.25) is 11.8 Å². The Hall–Kier alpha value is -2.35. The number of rotatable bonds is 4. The largest absolute Gasteiger partial charge is 0.472 e. The molecule has 4 nitrogen and oxygen atoms in total. The van der Waals surface area contributed by atoms with Crippen LogP contribution in [0.5, 0.6) is 5.88 Å². The van der Waals surface area contributed by atoms with Gasteiger partial charge in [-0.15, -0.1) is 11.3 Å². The molecule has 0 aromatic carbocycles. The lowest BCUT2D eigenvalue weighted by Gasteiger charge is -2.16. The fraction of sp³-hybridized carbons (Fsp3) is 0.294. The lowest BCUT2D eigenvalue weighted by atomic mass is 10.2. The standard InChI is InChI=1S/C17H15F3N2O2S/c18-17(19,20)12-5-7-21-15(10-12)24-13-6-8-22(11-13)16(23)4-3-14-2-1-9-25-14/h1-5,7,9-10,13H,6,8,11H2/b4-3+. The summed E-state index contributed by atoms with van der Waals surface area (Å²) >= 11 is 1.53. The Labute approximate surface area is 146 Å². The molecule has 0 N–H and O–H groups in total. The molecule has 0 aliphatic carbocycles. The van der Waals surface area contributed by atoms with Gasteiger partial charge in [-0.2, -0.15) is 13.2 Å². The number of thiophene rings is 1. The van der Waals surface area contributed by atoms with Crippen LogP contribution in [-0.2, 0) is 11.0 Å². The van der Waals surface area contributed by atoms with E-state index < -0.39 is 11.7 Å². The number of hydrogen-bond acceptors (Lipinski definition) is 4. The number of halogens is 3. The molecule has 132 valence electrons. The van der Waals surface area contributed by atoms with Crippen molar-refractivity contribution in [1.29, 1.82) is 0 Å². The van der Waals surface area contributed by atoms with Crippen LogP contribution in [0.3, 0.4) is 0 Å². The Morgan fingerprint density at radius 2 is 2.24 bits per heavy atom. The maximum Gasteiger partial charge on any atom is 0.416 e. The van der Waals surface area contributed by atoms with Crippen molar-refractivity contribution in [2.45, 2.75) is 18.7 Å². The van der Waals surface area contributed by atoms with Gasteiger partial charge in [0, 0.05) is 36.2 Å². The zero-order chi connectivity index (χ0) is 17.9. The van der Waals surface area contributed by atoms with E-state index in [9.17, 15) is 18.0 Å². The molecule has 1 atom stereocenters. The van der Waals surface area contributed by atoms with Crippen LogP contribution < -0.4 is 4.74 Å². The minimum atomic E-state index is -4.44. The average Bonchev–Trinajstić information content (AvgIpc) is 3.24. The number of pyridine rings is 1. The van der Waals surface area contributed by atoms with Crippen molar-refractivity contribution in [2.75, 3.05) is 13.1 Å². The lowest BCUT2D eigenvalue weighted by molar-refractivity contribution is -0.137. The molecule has 1 unspecified atom stereocenters. The number of carbonyl (C=O) groups is 1. The SMILES string of the molecule is O=C(/C=C/c1cccs1)N1CCC(Oc2cc(C(F)(F)F)ccn2)C1. The summed E-state index contributed by atoms with van der Waals surface area (Å²) in [6.45, 7) is 0.822. The number of hydrogen-bond donors (Lipinski definition) is 0. The second-order valence-electron chi connectivity index (χ2n) is 5.54. The predicted molar refractivity (Wildman–Crippen MR) is 88.2 cm³/mol. The van der Waals surface area contributed by atoms with Crippen LogP contribution in [0.2, 0.25) is 0 Å². The number of ether oxygens (including phenoxy) is 1. The number of nitrogens with zero attached hydrogens (tertiary/aromatic N) is 2. The number of likely N-dealkylation sites (tertiary alicyclic amines) is 1. The van der Waals surface area contributed by atoms with Gasteiger partial charge in [-0.05, 0) is 23.6 Å². The highest BCUT2D eigenvalue weighted by Gasteiger charge is 2.32. The van der Waals surface area contributed by atoms with E-state index in [4.69, 9.17) is 4.74 Å². The smallest absolute Gasteiger partial charge is 0.416 e. The van der Waals surface area contributed by atoms with Gasteiger partial charge in [0.1, 0.15) is 6.10 Å². The van der Waals surface area contributed by atoms with Crippen molar-refractivity contribution in [2.24, 2.45) is 0 Å². The van der Waals surface area contributed by atoms with E-state index in [2.05, 4.69) is 4.98 Å². The third kappa shape index (κ3) is 4.60. The highest BCUT2D eigenvalue weighted by atomic mass is 32.1. The number of amides is 1. The average molecular weight is 368 g/mol. The summed E-state index contributed by atoms with van der Waals surface area (Å²) in [5.74, 6) is -0.222. The van der Waals surface area contributed by atoms with Crippen molar-refractivity contribution < 1.29 is 22.7 Å². The van der Waals surface area contributed by atoms with E-state index >= 15 is 0 Å². The Kier molecular flexibility index (Phi) is 5.08. The second kappa shape index (κ2) is 7.26. The van der Waals surface area contributed by atoms with Gasteiger partial charge in [-0.3, -0.25) is 4.79 Å². The summed E-state index contributed by atoms with van der Waals surface area (Å²) in [6, 6.07) is 5.58. The summed E-state index contributed by atoms with van der Waals surface area (Å²) in [6.07, 6.45) is 0.0588. The third-order valence-corrected chi connectivity index (χ3v) is 4.58. The fourth-order valence-corrected chi connectivity index (χ4v) is 3.11. The number of aromatic nitrogens is 1. The van der Waals surface area contributed by atoms with E-state index in [1.807, 2.05) is 17.5 Å². The van der Waals surface area contributed by atoms with Gasteiger partial charge in [0.25, 0.3) is 0 Å². The molecule has 2 aromatic rings. The molecule has 0 bridgehead atoms. The van der Waals surface area contributed by atoms with Crippen molar-refractivity contribution in [1.82, 2.24) is 9.88 Å². The fourth-order valence-electron chi connectivity index (χ4n) is 2.49. The topological polar surface area (TPSA) is 42.4 Å². The molecule has 25 heavy (non-hydrogen) atoms. The highest BCUT2D eigenvalue weighted by Crippen LogP contribution is 2.31. The first kappa shape index (κ1) is 17.5. The summed E-state index contributed by atoms with van der Waals surface area (Å²) in [7, 11) is 0. The molecule has 1 amide bonds. The zero-order valence-corrected chi connectivity index (χ0v) is 13.9. The summed E-state index contributed by atoms with van der Waals surface area (Å²) < 4.78 is 43.6. The van der Waals surface area contributed by atoms with Crippen LogP contribution >= 0.6 is 11.3 Å². The maximum atomic E-state index is 12.7. The van der Waals surface area contributed by atoms with E-state index in [0.717, 1.165) is 23.2 Å². The number of alkyl halides is 3. The van der Waals surface area contributed by atoms with Crippen LogP contribution in [0.25, 0.3) is 6.08 Å². The molecular formula is C17H15F3N2O2S. The molecule has 1 aliphatic heterocycles. The molecule has 0 radical (unpaired) electrons. The Bertz CT molecular complexity index is 760. The molecule has 1 aliphatic rings. The highest BCUT2D eigenvalue weighted by molar-refractivity contribution is 7.10. The minimum absolute atomic E-state index is 0.0803. The van der Waals surface area contributed by atoms with Gasteiger partial charge in [0.05, 0.1) is 12.1 Å². The van der Waals surface area contributed by atoms with Crippen molar-refractivity contribution in [3.8, 4) is 5.88 Å². The van der Waals surface area contributed by atoms with Crippen LogP contribution in [-0.4, -0.2) is 35.0 Å². The van der Waals surface area contributed by atoms with Gasteiger partial charge in [-0.1, -0.05) is 6.07 Å². The molecule has 3 heterocycles. The van der Waals surface area contributed by atoms with Crippen LogP contribution in [0, 0.1) is 0 Å². The maximum absolute atomic E-state index is 12.7. The molecule has 0 spiro atoms. The van der Waals surface area contributed by atoms with Crippen LogP contribution in [0.4, 0.5) is 13.2 Å². The molecule has 3 rings (SSSR count). The van der Waals surface area contributed by atoms with Crippen molar-refractivity contribution >= 4 is 23.3 Å². The first-order valence-electron chi connectivity index (χ1n) is 7.62. The van der Waals surface area contributed by atoms with E-state index in [1.165, 1.54) is 17.4 Å². The first-order valence-corrected chi connectivity index (χ1v) is 8.50. The second-order valence-corrected chi connectivity index (χ2v) is 6.52. The first-order chi connectivity index (χ1) is 11.9. The normalized spacial score (nSPS) is 18.0. The van der Waals surface area contributed by atoms with E-state index in [0.29, 0.717) is 19.5 Å². The Balaban J connectivity index is 1.57.